The Kier molecular flexibility index (Phi) is 6.07. The zero-order chi connectivity index (χ0) is 14.5. The highest BCUT2D eigenvalue weighted by atomic mass is 16.6. The molecule has 0 saturated carbocycles. The summed E-state index contributed by atoms with van der Waals surface area (Å²) in [5, 5.41) is 8.93. The van der Waals surface area contributed by atoms with Crippen molar-refractivity contribution in [2.45, 2.75) is 52.2 Å². The molecular formula is C14H28N2O3. The number of ether oxygens (including phenoxy) is 1. The molecule has 0 aromatic rings. The van der Waals surface area contributed by atoms with Crippen LogP contribution in [0.1, 0.15) is 40.5 Å². The summed E-state index contributed by atoms with van der Waals surface area (Å²) >= 11 is 0. The predicted molar refractivity (Wildman–Crippen MR) is 75.2 cm³/mol. The monoisotopic (exact) mass is 272 g/mol. The fraction of sp³-hybridized carbons (Fsp3) is 0.929. The van der Waals surface area contributed by atoms with Crippen molar-refractivity contribution in [3.8, 4) is 0 Å². The quantitative estimate of drug-likeness (QED) is 0.846. The Labute approximate surface area is 116 Å². The van der Waals surface area contributed by atoms with E-state index in [1.165, 1.54) is 0 Å². The van der Waals surface area contributed by atoms with Gasteiger partial charge in [-0.3, -0.25) is 0 Å². The lowest BCUT2D eigenvalue weighted by molar-refractivity contribution is 0.00892. The zero-order valence-electron chi connectivity index (χ0n) is 12.7. The third kappa shape index (κ3) is 5.37. The van der Waals surface area contributed by atoms with Crippen molar-refractivity contribution in [2.24, 2.45) is 0 Å². The normalized spacial score (nSPS) is 18.4. The van der Waals surface area contributed by atoms with Crippen LogP contribution in [0.15, 0.2) is 0 Å². The number of aliphatic hydroxyl groups excluding tert-OH is 1. The molecule has 1 fully saturated rings. The average molecular weight is 272 g/mol. The Balaban J connectivity index is 2.50. The summed E-state index contributed by atoms with van der Waals surface area (Å²) in [4.78, 5) is 16.2. The number of hydrogen-bond acceptors (Lipinski definition) is 4. The maximum atomic E-state index is 12.1. The van der Waals surface area contributed by atoms with Crippen LogP contribution in [-0.2, 0) is 4.74 Å². The second-order valence-corrected chi connectivity index (χ2v) is 6.06. The number of β-amino-alcohol motifs (C(OH)–C–C–N with tert-alkyl or cyclic N) is 1. The third-order valence-electron chi connectivity index (χ3n) is 3.38. The molecule has 1 saturated heterocycles. The highest BCUT2D eigenvalue weighted by Gasteiger charge is 2.29. The van der Waals surface area contributed by atoms with Crippen LogP contribution in [0, 0.1) is 0 Å². The molecule has 19 heavy (non-hydrogen) atoms. The van der Waals surface area contributed by atoms with Gasteiger partial charge in [0.1, 0.15) is 5.60 Å². The van der Waals surface area contributed by atoms with Crippen LogP contribution < -0.4 is 0 Å². The van der Waals surface area contributed by atoms with Crippen molar-refractivity contribution in [1.82, 2.24) is 9.80 Å². The van der Waals surface area contributed by atoms with Crippen molar-refractivity contribution in [1.29, 1.82) is 0 Å². The fourth-order valence-corrected chi connectivity index (χ4v) is 2.45. The van der Waals surface area contributed by atoms with E-state index in [2.05, 4.69) is 4.90 Å². The Morgan fingerprint density at radius 3 is 2.37 bits per heavy atom. The van der Waals surface area contributed by atoms with Crippen molar-refractivity contribution < 1.29 is 14.6 Å². The van der Waals surface area contributed by atoms with Crippen LogP contribution in [0.5, 0.6) is 0 Å². The van der Waals surface area contributed by atoms with Gasteiger partial charge < -0.3 is 19.6 Å². The summed E-state index contributed by atoms with van der Waals surface area (Å²) in [5.41, 5.74) is -0.442. The van der Waals surface area contributed by atoms with E-state index in [9.17, 15) is 4.79 Å². The predicted octanol–water partition coefficient (Wildman–Crippen LogP) is 1.70. The molecule has 0 aromatic carbocycles. The minimum Gasteiger partial charge on any atom is -0.444 e. The molecule has 0 spiro atoms. The van der Waals surface area contributed by atoms with Gasteiger partial charge in [0.15, 0.2) is 0 Å². The van der Waals surface area contributed by atoms with E-state index in [4.69, 9.17) is 9.84 Å². The topological polar surface area (TPSA) is 53.0 Å². The molecular weight excluding hydrogens is 244 g/mol. The first-order valence-corrected chi connectivity index (χ1v) is 7.20. The summed E-state index contributed by atoms with van der Waals surface area (Å²) < 4.78 is 5.45. The van der Waals surface area contributed by atoms with Crippen LogP contribution in [0.4, 0.5) is 4.79 Å². The summed E-state index contributed by atoms with van der Waals surface area (Å²) in [5.74, 6) is 0. The second kappa shape index (κ2) is 7.10. The number of likely N-dealkylation sites (tertiary alicyclic amines) is 1. The lowest BCUT2D eigenvalue weighted by atomic mass is 10.0. The van der Waals surface area contributed by atoms with E-state index in [0.29, 0.717) is 6.54 Å². The van der Waals surface area contributed by atoms with Gasteiger partial charge in [-0.1, -0.05) is 0 Å². The van der Waals surface area contributed by atoms with E-state index in [0.717, 1.165) is 32.5 Å². The van der Waals surface area contributed by atoms with E-state index in [1.807, 2.05) is 32.6 Å². The fourth-order valence-electron chi connectivity index (χ4n) is 2.45. The molecule has 0 radical (unpaired) electrons. The standard InChI is InChI=1S/C14H28N2O3/c1-5-16(13(18)19-14(2,3)4)12-6-8-15(9-7-12)10-11-17/h12,17H,5-11H2,1-4H3. The Bertz CT molecular complexity index is 281. The largest absolute Gasteiger partial charge is 0.444 e. The number of aliphatic hydroxyl groups is 1. The Hall–Kier alpha value is -0.810. The van der Waals surface area contributed by atoms with Crippen LogP contribution in [0.25, 0.3) is 0 Å². The molecule has 1 amide bonds. The highest BCUT2D eigenvalue weighted by Crippen LogP contribution is 2.19. The maximum absolute atomic E-state index is 12.1. The number of hydrogen-bond donors (Lipinski definition) is 1. The summed E-state index contributed by atoms with van der Waals surface area (Å²) in [7, 11) is 0. The number of rotatable bonds is 4. The van der Waals surface area contributed by atoms with Gasteiger partial charge in [0.2, 0.25) is 0 Å². The number of amides is 1. The zero-order valence-corrected chi connectivity index (χ0v) is 12.7. The average Bonchev–Trinajstić information content (AvgIpc) is 2.30. The SMILES string of the molecule is CCN(C(=O)OC(C)(C)C)C1CCN(CCO)CC1. The van der Waals surface area contributed by atoms with E-state index < -0.39 is 5.60 Å². The van der Waals surface area contributed by atoms with Gasteiger partial charge >= 0.3 is 6.09 Å². The van der Waals surface area contributed by atoms with E-state index >= 15 is 0 Å². The molecule has 0 bridgehead atoms. The first-order valence-electron chi connectivity index (χ1n) is 7.20. The number of piperidine rings is 1. The molecule has 112 valence electrons. The third-order valence-corrected chi connectivity index (χ3v) is 3.38. The minimum atomic E-state index is -0.442. The highest BCUT2D eigenvalue weighted by molar-refractivity contribution is 5.68. The molecule has 0 atom stereocenters. The molecule has 1 aliphatic rings. The lowest BCUT2D eigenvalue weighted by Crippen LogP contribution is -2.49. The van der Waals surface area contributed by atoms with Crippen molar-refractivity contribution in [3.05, 3.63) is 0 Å². The van der Waals surface area contributed by atoms with Crippen LogP contribution >= 0.6 is 0 Å². The van der Waals surface area contributed by atoms with Crippen LogP contribution in [0.3, 0.4) is 0 Å². The number of nitrogens with zero attached hydrogens (tertiary/aromatic N) is 2. The first-order chi connectivity index (χ1) is 8.87. The molecule has 1 heterocycles. The lowest BCUT2D eigenvalue weighted by Gasteiger charge is -2.38. The van der Waals surface area contributed by atoms with Crippen LogP contribution in [-0.4, -0.2) is 65.4 Å². The summed E-state index contributed by atoms with van der Waals surface area (Å²) in [6, 6.07) is 0.259. The smallest absolute Gasteiger partial charge is 0.410 e. The van der Waals surface area contributed by atoms with E-state index in [1.54, 1.807) is 0 Å². The first kappa shape index (κ1) is 16.2. The summed E-state index contributed by atoms with van der Waals surface area (Å²) in [6.45, 7) is 11.1. The molecule has 5 nitrogen and oxygen atoms in total. The molecule has 1 rings (SSSR count). The molecule has 1 aliphatic heterocycles. The molecule has 5 heteroatoms. The van der Waals surface area contributed by atoms with Gasteiger partial charge in [-0.15, -0.1) is 0 Å². The Morgan fingerprint density at radius 1 is 1.37 bits per heavy atom. The van der Waals surface area contributed by atoms with Crippen molar-refractivity contribution in [2.75, 3.05) is 32.8 Å². The van der Waals surface area contributed by atoms with Gasteiger partial charge in [-0.25, -0.2) is 4.79 Å². The van der Waals surface area contributed by atoms with Crippen molar-refractivity contribution >= 4 is 6.09 Å². The molecule has 0 aromatic heterocycles. The molecule has 1 N–H and O–H groups in total. The van der Waals surface area contributed by atoms with Crippen molar-refractivity contribution in [3.63, 3.8) is 0 Å². The van der Waals surface area contributed by atoms with Gasteiger partial charge in [0.25, 0.3) is 0 Å². The minimum absolute atomic E-state index is 0.203. The van der Waals surface area contributed by atoms with Gasteiger partial charge in [0.05, 0.1) is 6.61 Å². The van der Waals surface area contributed by atoms with E-state index in [-0.39, 0.29) is 18.7 Å². The van der Waals surface area contributed by atoms with Gasteiger partial charge in [-0.2, -0.15) is 0 Å². The maximum Gasteiger partial charge on any atom is 0.410 e. The Morgan fingerprint density at radius 2 is 1.95 bits per heavy atom. The summed E-state index contributed by atoms with van der Waals surface area (Å²) in [6.07, 6.45) is 1.69. The van der Waals surface area contributed by atoms with Crippen LogP contribution in [0.2, 0.25) is 0 Å². The second-order valence-electron chi connectivity index (χ2n) is 6.06. The van der Waals surface area contributed by atoms with Gasteiger partial charge in [0, 0.05) is 32.2 Å². The molecule has 0 unspecified atom stereocenters. The molecule has 0 aliphatic carbocycles. The van der Waals surface area contributed by atoms with Gasteiger partial charge in [-0.05, 0) is 40.5 Å². The number of carbonyl (C=O) groups is 1. The number of carbonyl (C=O) groups excluding carboxylic acids is 1.